The van der Waals surface area contributed by atoms with Crippen LogP contribution in [0.15, 0.2) is 48.2 Å². The Hall–Kier alpha value is -3.68. The Morgan fingerprint density at radius 1 is 1.19 bits per heavy atom. The molecule has 0 aromatic heterocycles. The maximum atomic E-state index is 12.4. The summed E-state index contributed by atoms with van der Waals surface area (Å²) in [6.07, 6.45) is 0.952. The smallest absolute Gasteiger partial charge is 0.414 e. The van der Waals surface area contributed by atoms with Crippen molar-refractivity contribution in [3.05, 3.63) is 69.5 Å². The highest BCUT2D eigenvalue weighted by atomic mass is 16.6. The molecule has 1 amide bonds. The number of nitro groups is 1. The van der Waals surface area contributed by atoms with Crippen LogP contribution < -0.4 is 9.47 Å². The van der Waals surface area contributed by atoms with Crippen LogP contribution in [0.3, 0.4) is 0 Å². The Morgan fingerprint density at radius 2 is 1.88 bits per heavy atom. The largest absolute Gasteiger partial charge is 0.452 e. The first-order chi connectivity index (χ1) is 12.3. The van der Waals surface area contributed by atoms with Crippen LogP contribution in [0.2, 0.25) is 0 Å². The molecule has 1 heterocycles. The molecule has 2 aromatic carbocycles. The molecule has 0 radical (unpaired) electrons. The maximum absolute atomic E-state index is 12.4. The second-order valence-corrected chi connectivity index (χ2v) is 5.71. The van der Waals surface area contributed by atoms with Crippen LogP contribution >= 0.6 is 0 Å². The average molecular weight is 354 g/mol. The molecule has 0 unspecified atom stereocenters. The van der Waals surface area contributed by atoms with Crippen LogP contribution in [0.5, 0.6) is 11.5 Å². The minimum absolute atomic E-state index is 0.0403. The van der Waals surface area contributed by atoms with E-state index in [1.54, 1.807) is 14.1 Å². The molecule has 132 valence electrons. The molecule has 0 atom stereocenters. The van der Waals surface area contributed by atoms with Crippen LogP contribution in [0.25, 0.3) is 6.08 Å². The quantitative estimate of drug-likeness (QED) is 0.476. The number of fused-ring (bicyclic) bond motifs is 1. The van der Waals surface area contributed by atoms with Gasteiger partial charge in [0.2, 0.25) is 5.78 Å². The van der Waals surface area contributed by atoms with Crippen molar-refractivity contribution in [1.29, 1.82) is 0 Å². The second kappa shape index (κ2) is 6.67. The minimum atomic E-state index is -0.545. The predicted octanol–water partition coefficient (Wildman–Crippen LogP) is 3.27. The fourth-order valence-corrected chi connectivity index (χ4v) is 2.27. The number of ether oxygens (including phenoxy) is 2. The third kappa shape index (κ3) is 3.39. The van der Waals surface area contributed by atoms with E-state index in [0.717, 1.165) is 0 Å². The third-order valence-electron chi connectivity index (χ3n) is 3.61. The van der Waals surface area contributed by atoms with Crippen molar-refractivity contribution in [2.24, 2.45) is 0 Å². The lowest BCUT2D eigenvalue weighted by Crippen LogP contribution is -2.25. The number of Topliss-reactive ketones (excluding diaryl/α,β-unsaturated/α-hetero) is 1. The molecular formula is C18H14N2O6. The summed E-state index contributed by atoms with van der Waals surface area (Å²) in [5.74, 6) is 0.313. The van der Waals surface area contributed by atoms with Gasteiger partial charge < -0.3 is 14.4 Å². The second-order valence-electron chi connectivity index (χ2n) is 5.71. The van der Waals surface area contributed by atoms with E-state index in [-0.39, 0.29) is 28.7 Å². The van der Waals surface area contributed by atoms with Gasteiger partial charge in [-0.15, -0.1) is 0 Å². The molecule has 1 aliphatic rings. The van der Waals surface area contributed by atoms with Gasteiger partial charge in [0.25, 0.3) is 5.69 Å². The highest BCUT2D eigenvalue weighted by Gasteiger charge is 2.28. The maximum Gasteiger partial charge on any atom is 0.414 e. The lowest BCUT2D eigenvalue weighted by atomic mass is 10.1. The molecule has 0 N–H and O–H groups in total. The summed E-state index contributed by atoms with van der Waals surface area (Å²) in [6.45, 7) is 0. The van der Waals surface area contributed by atoms with E-state index < -0.39 is 11.0 Å². The summed E-state index contributed by atoms with van der Waals surface area (Å²) in [4.78, 5) is 35.5. The first kappa shape index (κ1) is 17.2. The number of rotatable bonds is 3. The Balaban J connectivity index is 1.82. The number of ketones is 1. The van der Waals surface area contributed by atoms with Crippen molar-refractivity contribution >= 4 is 23.6 Å². The van der Waals surface area contributed by atoms with Gasteiger partial charge in [-0.2, -0.15) is 0 Å². The fraction of sp³-hybridized carbons (Fsp3) is 0.111. The SMILES string of the molecule is CN(C)C(=O)Oc1ccc2c(c1)OC(=Cc1ccc([N+](=O)[O-])cc1)C2=O. The van der Waals surface area contributed by atoms with E-state index in [2.05, 4.69) is 0 Å². The molecule has 0 spiro atoms. The van der Waals surface area contributed by atoms with Crippen molar-refractivity contribution in [1.82, 2.24) is 4.90 Å². The van der Waals surface area contributed by atoms with Crippen LogP contribution in [-0.2, 0) is 0 Å². The molecule has 0 saturated heterocycles. The van der Waals surface area contributed by atoms with Gasteiger partial charge in [0.15, 0.2) is 5.76 Å². The van der Waals surface area contributed by atoms with E-state index in [9.17, 15) is 19.7 Å². The third-order valence-corrected chi connectivity index (χ3v) is 3.61. The lowest BCUT2D eigenvalue weighted by Gasteiger charge is -2.10. The zero-order valence-electron chi connectivity index (χ0n) is 14.0. The van der Waals surface area contributed by atoms with Crippen LogP contribution in [-0.4, -0.2) is 35.8 Å². The van der Waals surface area contributed by atoms with Crippen LogP contribution in [0.1, 0.15) is 15.9 Å². The van der Waals surface area contributed by atoms with Crippen LogP contribution in [0.4, 0.5) is 10.5 Å². The van der Waals surface area contributed by atoms with Gasteiger partial charge in [0.05, 0.1) is 10.5 Å². The summed E-state index contributed by atoms with van der Waals surface area (Å²) in [5.41, 5.74) is 0.898. The molecular weight excluding hydrogens is 340 g/mol. The predicted molar refractivity (Wildman–Crippen MR) is 92.2 cm³/mol. The summed E-state index contributed by atoms with van der Waals surface area (Å²) >= 11 is 0. The Kier molecular flexibility index (Phi) is 4.40. The number of carbonyl (C=O) groups excluding carboxylic acids is 2. The first-order valence-electron chi connectivity index (χ1n) is 7.57. The number of carbonyl (C=O) groups is 2. The molecule has 0 saturated carbocycles. The molecule has 0 fully saturated rings. The number of non-ortho nitro benzene ring substituents is 1. The van der Waals surface area contributed by atoms with Crippen molar-refractivity contribution in [3.63, 3.8) is 0 Å². The zero-order valence-corrected chi connectivity index (χ0v) is 14.0. The van der Waals surface area contributed by atoms with Crippen molar-refractivity contribution in [3.8, 4) is 11.5 Å². The number of benzene rings is 2. The van der Waals surface area contributed by atoms with Gasteiger partial charge in [-0.3, -0.25) is 14.9 Å². The highest BCUT2D eigenvalue weighted by molar-refractivity contribution is 6.14. The standard InChI is InChI=1S/C18H14N2O6/c1-19(2)18(22)25-13-7-8-14-15(10-13)26-16(17(14)21)9-11-3-5-12(6-4-11)20(23)24/h3-10H,1-2H3. The van der Waals surface area contributed by atoms with Gasteiger partial charge >= 0.3 is 6.09 Å². The van der Waals surface area contributed by atoms with Gasteiger partial charge in [-0.05, 0) is 35.9 Å². The first-order valence-corrected chi connectivity index (χ1v) is 7.57. The topological polar surface area (TPSA) is 99.0 Å². The Morgan fingerprint density at radius 3 is 2.50 bits per heavy atom. The Bertz CT molecular complexity index is 931. The number of hydrogen-bond donors (Lipinski definition) is 0. The average Bonchev–Trinajstić information content (AvgIpc) is 2.90. The minimum Gasteiger partial charge on any atom is -0.452 e. The van der Waals surface area contributed by atoms with Crippen molar-refractivity contribution in [2.45, 2.75) is 0 Å². The number of allylic oxidation sites excluding steroid dienone is 1. The van der Waals surface area contributed by atoms with E-state index in [4.69, 9.17) is 9.47 Å². The number of hydrogen-bond acceptors (Lipinski definition) is 6. The number of nitro benzene ring substituents is 1. The summed E-state index contributed by atoms with van der Waals surface area (Å²) in [7, 11) is 3.11. The molecule has 26 heavy (non-hydrogen) atoms. The zero-order chi connectivity index (χ0) is 18.8. The number of nitrogens with zero attached hydrogens (tertiary/aromatic N) is 2. The molecule has 8 heteroatoms. The number of amides is 1. The summed E-state index contributed by atoms with van der Waals surface area (Å²) in [6, 6.07) is 10.2. The van der Waals surface area contributed by atoms with Crippen LogP contribution in [0, 0.1) is 10.1 Å². The van der Waals surface area contributed by atoms with E-state index in [0.29, 0.717) is 11.1 Å². The molecule has 3 rings (SSSR count). The molecule has 8 nitrogen and oxygen atoms in total. The molecule has 1 aliphatic heterocycles. The van der Waals surface area contributed by atoms with E-state index >= 15 is 0 Å². The summed E-state index contributed by atoms with van der Waals surface area (Å²) < 4.78 is 10.7. The molecule has 2 aromatic rings. The fourth-order valence-electron chi connectivity index (χ4n) is 2.27. The normalized spacial score (nSPS) is 13.9. The van der Waals surface area contributed by atoms with Crippen molar-refractivity contribution in [2.75, 3.05) is 14.1 Å². The van der Waals surface area contributed by atoms with Crippen molar-refractivity contribution < 1.29 is 24.0 Å². The summed E-state index contributed by atoms with van der Waals surface area (Å²) in [5, 5.41) is 10.7. The van der Waals surface area contributed by atoms with Gasteiger partial charge in [0.1, 0.15) is 11.5 Å². The Labute approximate surface area is 148 Å². The molecule has 0 aliphatic carbocycles. The van der Waals surface area contributed by atoms with Gasteiger partial charge in [0, 0.05) is 32.3 Å². The molecule has 0 bridgehead atoms. The highest BCUT2D eigenvalue weighted by Crippen LogP contribution is 2.35. The monoisotopic (exact) mass is 354 g/mol. The van der Waals surface area contributed by atoms with Gasteiger partial charge in [-0.25, -0.2) is 4.79 Å². The van der Waals surface area contributed by atoms with E-state index in [1.807, 2.05) is 0 Å². The van der Waals surface area contributed by atoms with E-state index in [1.165, 1.54) is 53.4 Å². The van der Waals surface area contributed by atoms with Gasteiger partial charge in [-0.1, -0.05) is 0 Å². The lowest BCUT2D eigenvalue weighted by molar-refractivity contribution is -0.384.